The molecule has 0 amide bonds. The average Bonchev–Trinajstić information content (AvgIpc) is 2.18. The summed E-state index contributed by atoms with van der Waals surface area (Å²) in [5.41, 5.74) is 2.11. The zero-order chi connectivity index (χ0) is 9.26. The highest BCUT2D eigenvalue weighted by Crippen LogP contribution is 2.26. The Labute approximate surface area is 82.1 Å². The van der Waals surface area contributed by atoms with Crippen LogP contribution in [0.1, 0.15) is 17.0 Å². The molecule has 64 valence electrons. The molecular weight excluding hydrogens is 180 g/mol. The van der Waals surface area contributed by atoms with Crippen molar-refractivity contribution in [3.8, 4) is 0 Å². The quantitative estimate of drug-likeness (QED) is 0.497. The molecule has 0 heterocycles. The molecular formula is C11H8OS. The average molecular weight is 188 g/mol. The van der Waals surface area contributed by atoms with Crippen molar-refractivity contribution in [2.45, 2.75) is 5.92 Å². The van der Waals surface area contributed by atoms with Gasteiger partial charge in [0.15, 0.2) is 0 Å². The van der Waals surface area contributed by atoms with Gasteiger partial charge in [-0.25, -0.2) is 0 Å². The third-order valence-electron chi connectivity index (χ3n) is 2.20. The molecule has 1 aromatic carbocycles. The minimum Gasteiger partial charge on any atom is -0.302 e. The largest absolute Gasteiger partial charge is 0.302 e. The van der Waals surface area contributed by atoms with Crippen molar-refractivity contribution in [3.63, 3.8) is 0 Å². The Kier molecular flexibility index (Phi) is 2.07. The molecule has 1 atom stereocenters. The van der Waals surface area contributed by atoms with Crippen LogP contribution < -0.4 is 0 Å². The van der Waals surface area contributed by atoms with Crippen molar-refractivity contribution < 1.29 is 4.79 Å². The van der Waals surface area contributed by atoms with E-state index in [2.05, 4.69) is 0 Å². The van der Waals surface area contributed by atoms with E-state index in [-0.39, 0.29) is 5.92 Å². The minimum absolute atomic E-state index is 0.226. The summed E-state index contributed by atoms with van der Waals surface area (Å²) in [5, 5.41) is 0. The fourth-order valence-corrected chi connectivity index (χ4v) is 1.77. The molecule has 13 heavy (non-hydrogen) atoms. The summed E-state index contributed by atoms with van der Waals surface area (Å²) in [6.07, 6.45) is 4.69. The van der Waals surface area contributed by atoms with Crippen LogP contribution >= 0.6 is 12.2 Å². The molecule has 1 aromatic rings. The molecule has 0 N–H and O–H groups in total. The van der Waals surface area contributed by atoms with Gasteiger partial charge in [0.25, 0.3) is 0 Å². The predicted molar refractivity (Wildman–Crippen MR) is 56.9 cm³/mol. The lowest BCUT2D eigenvalue weighted by Gasteiger charge is -2.16. The van der Waals surface area contributed by atoms with E-state index in [1.54, 1.807) is 0 Å². The lowest BCUT2D eigenvalue weighted by atomic mass is 9.88. The Morgan fingerprint density at radius 1 is 1.23 bits per heavy atom. The Morgan fingerprint density at radius 3 is 2.77 bits per heavy atom. The van der Waals surface area contributed by atoms with Gasteiger partial charge < -0.3 is 4.79 Å². The van der Waals surface area contributed by atoms with Gasteiger partial charge in [-0.05, 0) is 17.2 Å². The normalized spacial score (nSPS) is 19.7. The van der Waals surface area contributed by atoms with Crippen molar-refractivity contribution in [3.05, 3.63) is 41.5 Å². The second-order valence-corrected chi connectivity index (χ2v) is 3.45. The summed E-state index contributed by atoms with van der Waals surface area (Å²) in [7, 11) is 0. The zero-order valence-corrected chi connectivity index (χ0v) is 7.75. The van der Waals surface area contributed by atoms with Gasteiger partial charge in [0.05, 0.1) is 5.92 Å². The molecule has 1 unspecified atom stereocenters. The van der Waals surface area contributed by atoms with Gasteiger partial charge in [-0.2, -0.15) is 0 Å². The number of carbonyl (C=O) groups excluding carboxylic acids is 1. The number of hydrogen-bond acceptors (Lipinski definition) is 2. The van der Waals surface area contributed by atoms with Crippen LogP contribution in [-0.2, 0) is 4.79 Å². The molecule has 0 spiro atoms. The smallest absolute Gasteiger partial charge is 0.132 e. The monoisotopic (exact) mass is 188 g/mol. The molecule has 0 fully saturated rings. The van der Waals surface area contributed by atoms with Gasteiger partial charge in [0.1, 0.15) is 6.29 Å². The van der Waals surface area contributed by atoms with Crippen molar-refractivity contribution in [2.75, 3.05) is 0 Å². The fraction of sp³-hybridized carbons (Fsp3) is 0.0909. The van der Waals surface area contributed by atoms with Crippen LogP contribution in [0.3, 0.4) is 0 Å². The first-order valence-corrected chi connectivity index (χ1v) is 4.50. The summed E-state index contributed by atoms with van der Waals surface area (Å²) < 4.78 is 0. The molecule has 0 radical (unpaired) electrons. The van der Waals surface area contributed by atoms with E-state index in [4.69, 9.17) is 12.2 Å². The van der Waals surface area contributed by atoms with Crippen molar-refractivity contribution in [1.29, 1.82) is 0 Å². The summed E-state index contributed by atoms with van der Waals surface area (Å²) in [5.74, 6) is -0.226. The van der Waals surface area contributed by atoms with Crippen LogP contribution in [0.2, 0.25) is 0 Å². The van der Waals surface area contributed by atoms with Crippen molar-refractivity contribution in [1.82, 2.24) is 0 Å². The van der Waals surface area contributed by atoms with E-state index in [1.807, 2.05) is 36.4 Å². The lowest BCUT2D eigenvalue weighted by molar-refractivity contribution is -0.107. The number of carbonyl (C=O) groups is 1. The van der Waals surface area contributed by atoms with Crippen LogP contribution in [0.25, 0.3) is 6.08 Å². The topological polar surface area (TPSA) is 17.1 Å². The summed E-state index contributed by atoms with van der Waals surface area (Å²) >= 11 is 5.08. The van der Waals surface area contributed by atoms with Crippen LogP contribution in [0.15, 0.2) is 30.3 Å². The Bertz CT molecular complexity index is 393. The van der Waals surface area contributed by atoms with Gasteiger partial charge in [-0.15, -0.1) is 0 Å². The highest BCUT2D eigenvalue weighted by Gasteiger charge is 2.19. The third-order valence-corrected chi connectivity index (χ3v) is 2.59. The first-order valence-electron chi connectivity index (χ1n) is 4.09. The number of fused-ring (bicyclic) bond motifs is 1. The summed E-state index contributed by atoms with van der Waals surface area (Å²) in [6.45, 7) is 0. The lowest BCUT2D eigenvalue weighted by Crippen LogP contribution is -2.13. The van der Waals surface area contributed by atoms with E-state index in [0.717, 1.165) is 17.4 Å². The first-order chi connectivity index (χ1) is 6.33. The van der Waals surface area contributed by atoms with Gasteiger partial charge in [-0.3, -0.25) is 0 Å². The first kappa shape index (κ1) is 8.32. The molecule has 1 aliphatic rings. The molecule has 1 nitrogen and oxygen atoms in total. The maximum Gasteiger partial charge on any atom is 0.132 e. The standard InChI is InChI=1S/C11H8OS/c12-7-10-9-4-2-1-3-8(9)5-6-11(10)13/h1-7,10H. The maximum absolute atomic E-state index is 10.8. The second kappa shape index (κ2) is 3.23. The molecule has 0 aliphatic heterocycles. The Balaban J connectivity index is 2.59. The molecule has 0 saturated heterocycles. The zero-order valence-electron chi connectivity index (χ0n) is 6.94. The Morgan fingerprint density at radius 2 is 2.00 bits per heavy atom. The number of aldehydes is 1. The number of hydrogen-bond donors (Lipinski definition) is 0. The number of allylic oxidation sites excluding steroid dienone is 1. The van der Waals surface area contributed by atoms with Crippen molar-refractivity contribution in [2.24, 2.45) is 0 Å². The summed E-state index contributed by atoms with van der Waals surface area (Å²) in [6, 6.07) is 7.82. The number of benzene rings is 1. The van der Waals surface area contributed by atoms with Crippen LogP contribution in [0, 0.1) is 0 Å². The highest BCUT2D eigenvalue weighted by atomic mass is 32.1. The van der Waals surface area contributed by atoms with Crippen LogP contribution in [0.4, 0.5) is 0 Å². The van der Waals surface area contributed by atoms with Gasteiger partial charge in [0.2, 0.25) is 0 Å². The molecule has 1 aliphatic carbocycles. The highest BCUT2D eigenvalue weighted by molar-refractivity contribution is 7.81. The fourth-order valence-electron chi connectivity index (χ4n) is 1.52. The predicted octanol–water partition coefficient (Wildman–Crippen LogP) is 2.37. The molecule has 0 saturated carbocycles. The molecule has 2 heteroatoms. The Hall–Kier alpha value is -1.28. The van der Waals surface area contributed by atoms with Gasteiger partial charge in [-0.1, -0.05) is 42.6 Å². The van der Waals surface area contributed by atoms with Crippen molar-refractivity contribution >= 4 is 29.4 Å². The SMILES string of the molecule is O=CC1C(=S)C=Cc2ccccc21. The van der Waals surface area contributed by atoms with Gasteiger partial charge >= 0.3 is 0 Å². The van der Waals surface area contributed by atoms with Crippen LogP contribution in [0.5, 0.6) is 0 Å². The van der Waals surface area contributed by atoms with E-state index < -0.39 is 0 Å². The minimum atomic E-state index is -0.226. The summed E-state index contributed by atoms with van der Waals surface area (Å²) in [4.78, 5) is 11.5. The maximum atomic E-state index is 10.8. The molecule has 0 aromatic heterocycles. The van der Waals surface area contributed by atoms with E-state index in [0.29, 0.717) is 4.86 Å². The molecule has 0 bridgehead atoms. The van der Waals surface area contributed by atoms with E-state index in [1.165, 1.54) is 0 Å². The second-order valence-electron chi connectivity index (χ2n) is 2.98. The molecule has 2 rings (SSSR count). The van der Waals surface area contributed by atoms with E-state index in [9.17, 15) is 4.79 Å². The van der Waals surface area contributed by atoms with Crippen LogP contribution in [-0.4, -0.2) is 11.2 Å². The third kappa shape index (κ3) is 1.33. The van der Waals surface area contributed by atoms with Gasteiger partial charge in [0, 0.05) is 4.86 Å². The van der Waals surface area contributed by atoms with E-state index >= 15 is 0 Å². The number of rotatable bonds is 1. The number of thiocarbonyl (C=S) groups is 1.